The SMILES string of the molecule is FC(F)(F)SN(c1ccccc1)c1ccccc1. The van der Waals surface area contributed by atoms with Gasteiger partial charge in [-0.25, -0.2) is 0 Å². The van der Waals surface area contributed by atoms with Gasteiger partial charge in [0.25, 0.3) is 0 Å². The molecule has 0 heterocycles. The Morgan fingerprint density at radius 2 is 1.11 bits per heavy atom. The molecule has 0 aliphatic heterocycles. The Labute approximate surface area is 107 Å². The van der Waals surface area contributed by atoms with Gasteiger partial charge in [-0.2, -0.15) is 13.2 Å². The molecule has 0 N–H and O–H groups in total. The second-order valence-corrected chi connectivity index (χ2v) is 4.51. The van der Waals surface area contributed by atoms with Crippen LogP contribution in [0.25, 0.3) is 0 Å². The van der Waals surface area contributed by atoms with E-state index in [0.717, 1.165) is 0 Å². The van der Waals surface area contributed by atoms with Crippen LogP contribution in [-0.2, 0) is 0 Å². The lowest BCUT2D eigenvalue weighted by molar-refractivity contribution is -0.0327. The predicted molar refractivity (Wildman–Crippen MR) is 68.7 cm³/mol. The first-order valence-corrected chi connectivity index (χ1v) is 6.00. The van der Waals surface area contributed by atoms with Gasteiger partial charge in [0, 0.05) is 0 Å². The van der Waals surface area contributed by atoms with Gasteiger partial charge < -0.3 is 0 Å². The van der Waals surface area contributed by atoms with Gasteiger partial charge in [-0.05, 0) is 24.3 Å². The third-order valence-electron chi connectivity index (χ3n) is 2.18. The van der Waals surface area contributed by atoms with Crippen molar-refractivity contribution in [1.29, 1.82) is 0 Å². The maximum Gasteiger partial charge on any atom is 0.462 e. The molecule has 0 atom stereocenters. The van der Waals surface area contributed by atoms with Crippen LogP contribution in [0.2, 0.25) is 0 Å². The average molecular weight is 269 g/mol. The molecule has 0 fully saturated rings. The molecule has 5 heteroatoms. The smallest absolute Gasteiger partial charge is 0.277 e. The summed E-state index contributed by atoms with van der Waals surface area (Å²) in [5.74, 6) is 0. The summed E-state index contributed by atoms with van der Waals surface area (Å²) in [5.41, 5.74) is -3.34. The molecule has 2 aromatic rings. The maximum absolute atomic E-state index is 12.6. The minimum atomic E-state index is -4.33. The Hall–Kier alpha value is -1.62. The summed E-state index contributed by atoms with van der Waals surface area (Å²) in [4.78, 5) is 0. The third kappa shape index (κ3) is 3.43. The largest absolute Gasteiger partial charge is 0.462 e. The van der Waals surface area contributed by atoms with Crippen molar-refractivity contribution in [1.82, 2.24) is 0 Å². The van der Waals surface area contributed by atoms with Crippen LogP contribution in [0.15, 0.2) is 60.7 Å². The average Bonchev–Trinajstić information content (AvgIpc) is 2.37. The number of para-hydroxylation sites is 2. The number of benzene rings is 2. The van der Waals surface area contributed by atoms with Gasteiger partial charge in [0.1, 0.15) is 0 Å². The van der Waals surface area contributed by atoms with Gasteiger partial charge in [-0.1, -0.05) is 36.4 Å². The number of anilines is 2. The van der Waals surface area contributed by atoms with Crippen molar-refractivity contribution in [2.45, 2.75) is 5.51 Å². The molecule has 0 bridgehead atoms. The monoisotopic (exact) mass is 269 g/mol. The van der Waals surface area contributed by atoms with Crippen LogP contribution in [0.1, 0.15) is 0 Å². The first-order chi connectivity index (χ1) is 8.56. The standard InChI is InChI=1S/C13H10F3NS/c14-13(15,16)18-17(11-7-3-1-4-8-11)12-9-5-2-6-10-12/h1-10H. The third-order valence-corrected chi connectivity index (χ3v) is 2.99. The number of alkyl halides is 3. The summed E-state index contributed by atoms with van der Waals surface area (Å²) < 4.78 is 39.0. The van der Waals surface area contributed by atoms with Crippen LogP contribution in [0.3, 0.4) is 0 Å². The van der Waals surface area contributed by atoms with Crippen LogP contribution in [0.5, 0.6) is 0 Å². The van der Waals surface area contributed by atoms with E-state index < -0.39 is 5.51 Å². The van der Waals surface area contributed by atoms with Crippen molar-refractivity contribution in [2.75, 3.05) is 4.31 Å². The number of halogens is 3. The Kier molecular flexibility index (Phi) is 3.81. The molecule has 18 heavy (non-hydrogen) atoms. The Bertz CT molecular complexity index is 445. The Morgan fingerprint density at radius 1 is 0.722 bits per heavy atom. The van der Waals surface area contributed by atoms with E-state index in [2.05, 4.69) is 0 Å². The van der Waals surface area contributed by atoms with Crippen molar-refractivity contribution in [3.63, 3.8) is 0 Å². The van der Waals surface area contributed by atoms with Gasteiger partial charge in [-0.3, -0.25) is 4.31 Å². The summed E-state index contributed by atoms with van der Waals surface area (Å²) in [7, 11) is 0. The van der Waals surface area contributed by atoms with Gasteiger partial charge in [0.05, 0.1) is 23.3 Å². The highest BCUT2D eigenvalue weighted by Crippen LogP contribution is 2.41. The topological polar surface area (TPSA) is 3.24 Å². The predicted octanol–water partition coefficient (Wildman–Crippen LogP) is 4.99. The number of nitrogens with zero attached hydrogens (tertiary/aromatic N) is 1. The van der Waals surface area contributed by atoms with Crippen LogP contribution in [-0.4, -0.2) is 5.51 Å². The first kappa shape index (κ1) is 12.8. The lowest BCUT2D eigenvalue weighted by atomic mass is 10.3. The molecule has 0 aromatic heterocycles. The van der Waals surface area contributed by atoms with E-state index in [4.69, 9.17) is 0 Å². The zero-order valence-electron chi connectivity index (χ0n) is 9.26. The molecular weight excluding hydrogens is 259 g/mol. The summed E-state index contributed by atoms with van der Waals surface area (Å²) >= 11 is -0.159. The lowest BCUT2D eigenvalue weighted by Crippen LogP contribution is -2.15. The van der Waals surface area contributed by atoms with Gasteiger partial charge in [0.15, 0.2) is 0 Å². The van der Waals surface area contributed by atoms with Crippen molar-refractivity contribution >= 4 is 23.3 Å². The quantitative estimate of drug-likeness (QED) is 0.722. The Balaban J connectivity index is 2.36. The summed E-state index contributed by atoms with van der Waals surface area (Å²) in [6.07, 6.45) is 0. The van der Waals surface area contributed by atoms with Crippen molar-refractivity contribution < 1.29 is 13.2 Å². The number of rotatable bonds is 3. The minimum absolute atomic E-state index is 0.159. The van der Waals surface area contributed by atoms with E-state index in [1.54, 1.807) is 60.7 Å². The van der Waals surface area contributed by atoms with E-state index in [-0.39, 0.29) is 11.9 Å². The Morgan fingerprint density at radius 3 is 1.44 bits per heavy atom. The highest BCUT2D eigenvalue weighted by molar-refractivity contribution is 8.01. The second kappa shape index (κ2) is 5.35. The molecule has 0 saturated heterocycles. The number of hydrogen-bond acceptors (Lipinski definition) is 2. The normalized spacial score (nSPS) is 11.3. The molecule has 0 aliphatic carbocycles. The lowest BCUT2D eigenvalue weighted by Gasteiger charge is -2.24. The van der Waals surface area contributed by atoms with Crippen molar-refractivity contribution in [3.05, 3.63) is 60.7 Å². The van der Waals surface area contributed by atoms with E-state index in [0.29, 0.717) is 11.4 Å². The van der Waals surface area contributed by atoms with E-state index in [1.807, 2.05) is 0 Å². The zero-order valence-corrected chi connectivity index (χ0v) is 10.1. The molecule has 1 nitrogen and oxygen atoms in total. The first-order valence-electron chi connectivity index (χ1n) is 5.22. The van der Waals surface area contributed by atoms with Gasteiger partial charge in [0.2, 0.25) is 0 Å². The van der Waals surface area contributed by atoms with Gasteiger partial charge in [-0.15, -0.1) is 0 Å². The van der Waals surface area contributed by atoms with Gasteiger partial charge >= 0.3 is 5.51 Å². The number of hydrogen-bond donors (Lipinski definition) is 0. The summed E-state index contributed by atoms with van der Waals surface area (Å²) in [6.45, 7) is 0. The highest BCUT2D eigenvalue weighted by atomic mass is 32.2. The molecular formula is C13H10F3NS. The highest BCUT2D eigenvalue weighted by Gasteiger charge is 2.33. The fraction of sp³-hybridized carbons (Fsp3) is 0.0769. The summed E-state index contributed by atoms with van der Waals surface area (Å²) in [5, 5.41) is 0. The fourth-order valence-electron chi connectivity index (χ4n) is 1.48. The molecule has 94 valence electrons. The van der Waals surface area contributed by atoms with E-state index >= 15 is 0 Å². The fourth-order valence-corrected chi connectivity index (χ4v) is 2.15. The summed E-state index contributed by atoms with van der Waals surface area (Å²) in [6, 6.07) is 17.0. The zero-order chi connectivity index (χ0) is 13.0. The van der Waals surface area contributed by atoms with Crippen molar-refractivity contribution in [2.24, 2.45) is 0 Å². The minimum Gasteiger partial charge on any atom is -0.277 e. The molecule has 0 aliphatic rings. The molecule has 0 spiro atoms. The molecule has 0 saturated carbocycles. The van der Waals surface area contributed by atoms with E-state index in [9.17, 15) is 13.2 Å². The van der Waals surface area contributed by atoms with Crippen LogP contribution >= 0.6 is 11.9 Å². The van der Waals surface area contributed by atoms with E-state index in [1.165, 1.54) is 4.31 Å². The van der Waals surface area contributed by atoms with Crippen molar-refractivity contribution in [3.8, 4) is 0 Å². The van der Waals surface area contributed by atoms with Crippen LogP contribution < -0.4 is 4.31 Å². The maximum atomic E-state index is 12.6. The molecule has 0 radical (unpaired) electrons. The molecule has 0 unspecified atom stereocenters. The molecule has 0 amide bonds. The molecule has 2 aromatic carbocycles. The second-order valence-electron chi connectivity index (χ2n) is 3.50. The molecule has 2 rings (SSSR count). The van der Waals surface area contributed by atoms with Crippen LogP contribution in [0.4, 0.5) is 24.5 Å². The van der Waals surface area contributed by atoms with Crippen LogP contribution in [0, 0.1) is 0 Å².